The van der Waals surface area contributed by atoms with Crippen molar-refractivity contribution in [3.63, 3.8) is 0 Å². The summed E-state index contributed by atoms with van der Waals surface area (Å²) in [6.07, 6.45) is 0.962. The molecule has 3 rings (SSSR count). The van der Waals surface area contributed by atoms with Crippen molar-refractivity contribution in [2.24, 2.45) is 5.84 Å². The van der Waals surface area contributed by atoms with E-state index in [0.717, 1.165) is 21.7 Å². The van der Waals surface area contributed by atoms with Crippen LogP contribution in [0.4, 0.5) is 5.13 Å². The normalized spacial score (nSPS) is 12.4. The molecule has 3 nitrogen and oxygen atoms in total. The Morgan fingerprint density at radius 1 is 1.47 bits per heavy atom. The van der Waals surface area contributed by atoms with Crippen LogP contribution in [0.3, 0.4) is 0 Å². The van der Waals surface area contributed by atoms with Crippen molar-refractivity contribution in [2.45, 2.75) is 6.42 Å². The van der Waals surface area contributed by atoms with Gasteiger partial charge in [-0.2, -0.15) is 0 Å². The van der Waals surface area contributed by atoms with Crippen molar-refractivity contribution in [1.29, 1.82) is 0 Å². The highest BCUT2D eigenvalue weighted by Gasteiger charge is 2.22. The first-order chi connectivity index (χ1) is 7.28. The zero-order valence-electron chi connectivity index (χ0n) is 7.75. The lowest BCUT2D eigenvalue weighted by Gasteiger charge is -1.99. The fourth-order valence-electron chi connectivity index (χ4n) is 1.86. The van der Waals surface area contributed by atoms with E-state index in [-0.39, 0.29) is 0 Å². The van der Waals surface area contributed by atoms with Gasteiger partial charge in [0.2, 0.25) is 0 Å². The number of nitrogen functional groups attached to an aromatic ring is 1. The van der Waals surface area contributed by atoms with E-state index < -0.39 is 0 Å². The number of thiazole rings is 1. The van der Waals surface area contributed by atoms with Crippen LogP contribution in [0, 0.1) is 0 Å². The molecule has 0 fully saturated rings. The molecule has 0 radical (unpaired) electrons. The molecule has 1 aromatic carbocycles. The Kier molecular flexibility index (Phi) is 2.05. The zero-order chi connectivity index (χ0) is 10.4. The molecule has 1 aliphatic rings. The topological polar surface area (TPSA) is 50.9 Å². The molecule has 5 heteroatoms. The lowest BCUT2D eigenvalue weighted by molar-refractivity contribution is 1.29. The SMILES string of the molecule is NNc1nc2c(s1)Cc1cc(Br)ccc1-2. The highest BCUT2D eigenvalue weighted by atomic mass is 79.9. The van der Waals surface area contributed by atoms with Gasteiger partial charge in [-0.25, -0.2) is 10.8 Å². The van der Waals surface area contributed by atoms with Gasteiger partial charge in [-0.1, -0.05) is 33.3 Å². The Bertz CT molecular complexity index is 535. The molecule has 0 atom stereocenters. The summed E-state index contributed by atoms with van der Waals surface area (Å²) in [7, 11) is 0. The number of rotatable bonds is 1. The first-order valence-electron chi connectivity index (χ1n) is 4.53. The van der Waals surface area contributed by atoms with E-state index >= 15 is 0 Å². The maximum absolute atomic E-state index is 5.35. The highest BCUT2D eigenvalue weighted by molar-refractivity contribution is 9.10. The third-order valence-corrected chi connectivity index (χ3v) is 3.97. The largest absolute Gasteiger partial charge is 0.300 e. The summed E-state index contributed by atoms with van der Waals surface area (Å²) in [5, 5.41) is 0.786. The molecule has 0 saturated heterocycles. The highest BCUT2D eigenvalue weighted by Crippen LogP contribution is 2.41. The molecule has 1 aliphatic carbocycles. The Morgan fingerprint density at radius 2 is 2.33 bits per heavy atom. The Morgan fingerprint density at radius 3 is 3.13 bits per heavy atom. The summed E-state index contributed by atoms with van der Waals surface area (Å²) in [6.45, 7) is 0. The average molecular weight is 282 g/mol. The van der Waals surface area contributed by atoms with E-state index in [1.165, 1.54) is 16.0 Å². The number of hydrogen-bond donors (Lipinski definition) is 2. The second-order valence-electron chi connectivity index (χ2n) is 3.41. The van der Waals surface area contributed by atoms with Crippen LogP contribution in [0.2, 0.25) is 0 Å². The maximum Gasteiger partial charge on any atom is 0.197 e. The minimum absolute atomic E-state index is 0.786. The van der Waals surface area contributed by atoms with Crippen LogP contribution in [0.1, 0.15) is 10.4 Å². The summed E-state index contributed by atoms with van der Waals surface area (Å²) < 4.78 is 1.12. The van der Waals surface area contributed by atoms with Gasteiger partial charge in [-0.15, -0.1) is 0 Å². The van der Waals surface area contributed by atoms with Gasteiger partial charge in [0.15, 0.2) is 5.13 Å². The Labute approximate surface area is 99.4 Å². The predicted molar refractivity (Wildman–Crippen MR) is 65.9 cm³/mol. The van der Waals surface area contributed by atoms with Gasteiger partial charge >= 0.3 is 0 Å². The van der Waals surface area contributed by atoms with Gasteiger partial charge in [0, 0.05) is 21.3 Å². The minimum atomic E-state index is 0.786. The molecule has 0 unspecified atom stereocenters. The van der Waals surface area contributed by atoms with E-state index in [2.05, 4.69) is 38.5 Å². The van der Waals surface area contributed by atoms with Crippen molar-refractivity contribution < 1.29 is 0 Å². The number of nitrogens with one attached hydrogen (secondary N) is 1. The van der Waals surface area contributed by atoms with Crippen LogP contribution in [0.5, 0.6) is 0 Å². The molecular formula is C10H8BrN3S. The number of nitrogens with two attached hydrogens (primary N) is 1. The number of halogens is 1. The summed E-state index contributed by atoms with van der Waals surface area (Å²) in [4.78, 5) is 5.74. The van der Waals surface area contributed by atoms with Gasteiger partial charge in [0.25, 0.3) is 0 Å². The number of anilines is 1. The molecule has 2 aromatic rings. The Hall–Kier alpha value is -0.910. The predicted octanol–water partition coefficient (Wildman–Crippen LogP) is 2.76. The van der Waals surface area contributed by atoms with Gasteiger partial charge in [-0.3, -0.25) is 5.43 Å². The summed E-state index contributed by atoms with van der Waals surface area (Å²) >= 11 is 5.10. The molecule has 0 bridgehead atoms. The Balaban J connectivity index is 2.17. The van der Waals surface area contributed by atoms with Gasteiger partial charge in [0.1, 0.15) is 0 Å². The van der Waals surface area contributed by atoms with Crippen molar-refractivity contribution in [3.05, 3.63) is 33.1 Å². The maximum atomic E-state index is 5.35. The molecular weight excluding hydrogens is 274 g/mol. The van der Waals surface area contributed by atoms with Crippen LogP contribution in [0.25, 0.3) is 11.3 Å². The second kappa shape index (κ2) is 3.30. The summed E-state index contributed by atoms with van der Waals surface area (Å²) in [5.74, 6) is 5.35. The molecule has 0 spiro atoms. The van der Waals surface area contributed by atoms with E-state index in [0.29, 0.717) is 0 Å². The minimum Gasteiger partial charge on any atom is -0.300 e. The van der Waals surface area contributed by atoms with E-state index in [9.17, 15) is 0 Å². The van der Waals surface area contributed by atoms with E-state index in [1.807, 2.05) is 6.07 Å². The number of hydrazine groups is 1. The number of hydrogen-bond acceptors (Lipinski definition) is 4. The number of aromatic nitrogens is 1. The third-order valence-electron chi connectivity index (χ3n) is 2.49. The quantitative estimate of drug-likeness (QED) is 0.533. The van der Waals surface area contributed by atoms with Crippen LogP contribution >= 0.6 is 27.3 Å². The first-order valence-corrected chi connectivity index (χ1v) is 6.14. The number of benzene rings is 1. The van der Waals surface area contributed by atoms with Crippen molar-refractivity contribution in [3.8, 4) is 11.3 Å². The lowest BCUT2D eigenvalue weighted by atomic mass is 10.1. The average Bonchev–Trinajstić information content (AvgIpc) is 2.73. The smallest absolute Gasteiger partial charge is 0.197 e. The number of nitrogens with zero attached hydrogens (tertiary/aromatic N) is 1. The number of fused-ring (bicyclic) bond motifs is 3. The molecule has 0 aliphatic heterocycles. The molecule has 1 heterocycles. The fraction of sp³-hybridized carbons (Fsp3) is 0.100. The first kappa shape index (κ1) is 9.33. The molecule has 0 saturated carbocycles. The van der Waals surface area contributed by atoms with Crippen LogP contribution in [-0.4, -0.2) is 4.98 Å². The van der Waals surface area contributed by atoms with Crippen molar-refractivity contribution in [2.75, 3.05) is 5.43 Å². The zero-order valence-corrected chi connectivity index (χ0v) is 10.2. The van der Waals surface area contributed by atoms with Gasteiger partial charge in [-0.05, 0) is 17.7 Å². The third kappa shape index (κ3) is 1.39. The second-order valence-corrected chi connectivity index (χ2v) is 5.41. The lowest BCUT2D eigenvalue weighted by Crippen LogP contribution is -2.05. The molecule has 1 aromatic heterocycles. The van der Waals surface area contributed by atoms with Crippen LogP contribution in [0.15, 0.2) is 22.7 Å². The van der Waals surface area contributed by atoms with Crippen LogP contribution in [-0.2, 0) is 6.42 Å². The van der Waals surface area contributed by atoms with Crippen molar-refractivity contribution in [1.82, 2.24) is 4.98 Å². The summed E-state index contributed by atoms with van der Waals surface area (Å²) in [5.41, 5.74) is 6.24. The van der Waals surface area contributed by atoms with E-state index in [1.54, 1.807) is 11.3 Å². The fourth-order valence-corrected chi connectivity index (χ4v) is 3.17. The molecule has 3 N–H and O–H groups in total. The van der Waals surface area contributed by atoms with Gasteiger partial charge in [0.05, 0.1) is 5.69 Å². The molecule has 76 valence electrons. The molecule has 0 amide bonds. The standard InChI is InChI=1S/C10H8BrN3S/c11-6-1-2-7-5(3-6)4-8-9(7)13-10(14-12)15-8/h1-3H,4,12H2,(H,13,14). The monoisotopic (exact) mass is 281 g/mol. The van der Waals surface area contributed by atoms with Crippen LogP contribution < -0.4 is 11.3 Å². The summed E-state index contributed by atoms with van der Waals surface area (Å²) in [6, 6.07) is 6.30. The van der Waals surface area contributed by atoms with Crippen molar-refractivity contribution >= 4 is 32.4 Å². The van der Waals surface area contributed by atoms with Gasteiger partial charge < -0.3 is 0 Å². The molecule has 15 heavy (non-hydrogen) atoms. The van der Waals surface area contributed by atoms with E-state index in [4.69, 9.17) is 5.84 Å².